The smallest absolute Gasteiger partial charge is 0.367 e. The standard InChI is InChI=1S/C13H18NO7P/c1-2-19-13(15)5-3-4-10-20-22(18)21-12-8-6-11(7-9-12)14(16)17/h6-9,22H,2-5,10H2,1H3. The highest BCUT2D eigenvalue weighted by Gasteiger charge is 2.07. The van der Waals surface area contributed by atoms with Gasteiger partial charge in [-0.3, -0.25) is 14.9 Å². The third-order valence-corrected chi connectivity index (χ3v) is 3.39. The van der Waals surface area contributed by atoms with Crippen molar-refractivity contribution in [2.45, 2.75) is 26.2 Å². The molecule has 1 aromatic rings. The number of ether oxygens (including phenoxy) is 1. The third-order valence-electron chi connectivity index (χ3n) is 2.55. The van der Waals surface area contributed by atoms with Gasteiger partial charge < -0.3 is 13.8 Å². The topological polar surface area (TPSA) is 105 Å². The highest BCUT2D eigenvalue weighted by Crippen LogP contribution is 2.29. The van der Waals surface area contributed by atoms with E-state index in [0.29, 0.717) is 25.9 Å². The van der Waals surface area contributed by atoms with Gasteiger partial charge in [0.15, 0.2) is 0 Å². The number of carbonyl (C=O) groups excluding carboxylic acids is 1. The van der Waals surface area contributed by atoms with Gasteiger partial charge in [-0.1, -0.05) is 0 Å². The van der Waals surface area contributed by atoms with Crippen LogP contribution >= 0.6 is 8.25 Å². The summed E-state index contributed by atoms with van der Waals surface area (Å²) >= 11 is 0. The van der Waals surface area contributed by atoms with Crippen molar-refractivity contribution >= 4 is 19.9 Å². The fourth-order valence-corrected chi connectivity index (χ4v) is 2.22. The van der Waals surface area contributed by atoms with Crippen LogP contribution in [-0.2, 0) is 18.6 Å². The lowest BCUT2D eigenvalue weighted by molar-refractivity contribution is -0.384. The van der Waals surface area contributed by atoms with Crippen LogP contribution in [0.4, 0.5) is 5.69 Å². The molecule has 0 saturated heterocycles. The van der Waals surface area contributed by atoms with Crippen LogP contribution in [0.2, 0.25) is 0 Å². The van der Waals surface area contributed by atoms with E-state index >= 15 is 0 Å². The van der Waals surface area contributed by atoms with Gasteiger partial charge in [0, 0.05) is 18.6 Å². The van der Waals surface area contributed by atoms with E-state index in [1.54, 1.807) is 6.92 Å². The predicted molar refractivity (Wildman–Crippen MR) is 79.2 cm³/mol. The lowest BCUT2D eigenvalue weighted by atomic mass is 10.2. The molecule has 0 heterocycles. The molecule has 9 heteroatoms. The lowest BCUT2D eigenvalue weighted by Crippen LogP contribution is -2.03. The zero-order valence-electron chi connectivity index (χ0n) is 12.1. The number of rotatable bonds is 10. The summed E-state index contributed by atoms with van der Waals surface area (Å²) < 4.78 is 26.3. The van der Waals surface area contributed by atoms with Gasteiger partial charge in [0.2, 0.25) is 0 Å². The highest BCUT2D eigenvalue weighted by molar-refractivity contribution is 7.33. The van der Waals surface area contributed by atoms with Crippen molar-refractivity contribution in [1.29, 1.82) is 0 Å². The molecule has 0 aliphatic heterocycles. The summed E-state index contributed by atoms with van der Waals surface area (Å²) in [5.41, 5.74) is -0.0769. The van der Waals surface area contributed by atoms with Gasteiger partial charge in [0.05, 0.1) is 18.1 Å². The van der Waals surface area contributed by atoms with Crippen LogP contribution in [0.1, 0.15) is 26.2 Å². The van der Waals surface area contributed by atoms with Crippen LogP contribution in [0.5, 0.6) is 5.75 Å². The number of hydrogen-bond donors (Lipinski definition) is 0. The highest BCUT2D eigenvalue weighted by atomic mass is 31.1. The molecule has 0 bridgehead atoms. The van der Waals surface area contributed by atoms with E-state index in [9.17, 15) is 19.5 Å². The summed E-state index contributed by atoms with van der Waals surface area (Å²) in [5.74, 6) is -0.0294. The first-order valence-corrected chi connectivity index (χ1v) is 8.00. The first-order valence-electron chi connectivity index (χ1n) is 6.77. The van der Waals surface area contributed by atoms with Gasteiger partial charge in [-0.25, -0.2) is 4.57 Å². The van der Waals surface area contributed by atoms with Crippen molar-refractivity contribution in [2.24, 2.45) is 0 Å². The maximum Gasteiger partial charge on any atom is 0.367 e. The molecule has 1 unspecified atom stereocenters. The van der Waals surface area contributed by atoms with Crippen LogP contribution in [0, 0.1) is 10.1 Å². The van der Waals surface area contributed by atoms with E-state index in [-0.39, 0.29) is 24.0 Å². The number of unbranched alkanes of at least 4 members (excludes halogenated alkanes) is 1. The average Bonchev–Trinajstić information content (AvgIpc) is 2.47. The van der Waals surface area contributed by atoms with Crippen molar-refractivity contribution < 1.29 is 28.1 Å². The molecule has 0 amide bonds. The van der Waals surface area contributed by atoms with Crippen molar-refractivity contribution in [3.05, 3.63) is 34.4 Å². The Kier molecular flexibility index (Phi) is 8.17. The predicted octanol–water partition coefficient (Wildman–Crippen LogP) is 3.11. The largest absolute Gasteiger partial charge is 0.466 e. The monoisotopic (exact) mass is 331 g/mol. The summed E-state index contributed by atoms with van der Waals surface area (Å²) in [6, 6.07) is 5.21. The average molecular weight is 331 g/mol. The summed E-state index contributed by atoms with van der Waals surface area (Å²) in [4.78, 5) is 21.0. The van der Waals surface area contributed by atoms with E-state index in [0.717, 1.165) is 0 Å². The molecule has 122 valence electrons. The number of hydrogen-bond acceptors (Lipinski definition) is 7. The Morgan fingerprint density at radius 2 is 1.95 bits per heavy atom. The molecular weight excluding hydrogens is 313 g/mol. The molecule has 1 rings (SSSR count). The van der Waals surface area contributed by atoms with Crippen molar-refractivity contribution in [1.82, 2.24) is 0 Å². The molecule has 22 heavy (non-hydrogen) atoms. The Morgan fingerprint density at radius 3 is 2.55 bits per heavy atom. The van der Waals surface area contributed by atoms with E-state index in [4.69, 9.17) is 13.8 Å². The number of benzene rings is 1. The molecule has 0 radical (unpaired) electrons. The fourth-order valence-electron chi connectivity index (χ4n) is 1.52. The SMILES string of the molecule is CCOC(=O)CCCCO[PH](=O)Oc1ccc([N+](=O)[O-])cc1. The van der Waals surface area contributed by atoms with E-state index in [1.165, 1.54) is 24.3 Å². The molecular formula is C13H18NO7P. The number of carbonyl (C=O) groups is 1. The van der Waals surface area contributed by atoms with Gasteiger partial charge in [0.25, 0.3) is 5.69 Å². The zero-order valence-corrected chi connectivity index (χ0v) is 13.1. The van der Waals surface area contributed by atoms with Crippen LogP contribution in [0.3, 0.4) is 0 Å². The minimum atomic E-state index is -2.72. The summed E-state index contributed by atoms with van der Waals surface area (Å²) in [7, 11) is -2.72. The summed E-state index contributed by atoms with van der Waals surface area (Å²) in [6.07, 6.45) is 1.42. The van der Waals surface area contributed by atoms with Gasteiger partial charge in [-0.2, -0.15) is 0 Å². The van der Waals surface area contributed by atoms with E-state index in [1.807, 2.05) is 0 Å². The van der Waals surface area contributed by atoms with Crippen LogP contribution in [-0.4, -0.2) is 24.1 Å². The number of nitro groups is 1. The number of non-ortho nitro benzene ring substituents is 1. The van der Waals surface area contributed by atoms with E-state index < -0.39 is 13.2 Å². The van der Waals surface area contributed by atoms with Gasteiger partial charge in [-0.05, 0) is 31.9 Å². The second-order valence-corrected chi connectivity index (χ2v) is 5.21. The Hall–Kier alpha value is -1.92. The van der Waals surface area contributed by atoms with Gasteiger partial charge >= 0.3 is 14.2 Å². The molecule has 1 atom stereocenters. The number of esters is 1. The van der Waals surface area contributed by atoms with Crippen LogP contribution in [0.15, 0.2) is 24.3 Å². The second-order valence-electron chi connectivity index (χ2n) is 4.21. The summed E-state index contributed by atoms with van der Waals surface area (Å²) in [6.45, 7) is 2.29. The lowest BCUT2D eigenvalue weighted by Gasteiger charge is -2.06. The molecule has 0 fully saturated rings. The maximum absolute atomic E-state index is 11.5. The first-order chi connectivity index (χ1) is 10.5. The van der Waals surface area contributed by atoms with Crippen molar-refractivity contribution in [3.8, 4) is 5.75 Å². The molecule has 0 spiro atoms. The Balaban J connectivity index is 2.20. The van der Waals surface area contributed by atoms with Gasteiger partial charge in [0.1, 0.15) is 5.75 Å². The summed E-state index contributed by atoms with van der Waals surface area (Å²) in [5, 5.41) is 10.5. The first kappa shape index (κ1) is 18.1. The van der Waals surface area contributed by atoms with Crippen molar-refractivity contribution in [3.63, 3.8) is 0 Å². The molecule has 0 saturated carbocycles. The molecule has 8 nitrogen and oxygen atoms in total. The Morgan fingerprint density at radius 1 is 1.27 bits per heavy atom. The van der Waals surface area contributed by atoms with Crippen molar-refractivity contribution in [2.75, 3.05) is 13.2 Å². The molecule has 0 aromatic heterocycles. The molecule has 1 aromatic carbocycles. The minimum Gasteiger partial charge on any atom is -0.466 e. The minimum absolute atomic E-state index is 0.0769. The number of nitrogens with zero attached hydrogens (tertiary/aromatic N) is 1. The quantitative estimate of drug-likeness (QED) is 0.213. The third kappa shape index (κ3) is 7.19. The van der Waals surface area contributed by atoms with Gasteiger partial charge in [-0.15, -0.1) is 0 Å². The Labute approximate surface area is 128 Å². The maximum atomic E-state index is 11.5. The molecule has 0 N–H and O–H groups in total. The van der Waals surface area contributed by atoms with Crippen LogP contribution in [0.25, 0.3) is 0 Å². The zero-order chi connectivity index (χ0) is 16.4. The Bertz CT molecular complexity index is 518. The fraction of sp³-hybridized carbons (Fsp3) is 0.462. The molecule has 0 aliphatic carbocycles. The van der Waals surface area contributed by atoms with E-state index in [2.05, 4.69) is 0 Å². The van der Waals surface area contributed by atoms with Crippen LogP contribution < -0.4 is 4.52 Å². The molecule has 0 aliphatic rings. The second kappa shape index (κ2) is 9.92. The normalized spacial score (nSPS) is 11.7. The number of nitro benzene ring substituents is 1.